The van der Waals surface area contributed by atoms with Crippen molar-refractivity contribution in [1.29, 1.82) is 0 Å². The Bertz CT molecular complexity index is 435. The van der Waals surface area contributed by atoms with E-state index in [0.29, 0.717) is 6.04 Å². The number of methoxy groups -OCH3 is 1. The van der Waals surface area contributed by atoms with Gasteiger partial charge in [0.2, 0.25) is 0 Å². The number of hydrogen-bond donors (Lipinski definition) is 1. The monoisotopic (exact) mass is 275 g/mol. The van der Waals surface area contributed by atoms with E-state index in [1.165, 1.54) is 48.8 Å². The van der Waals surface area contributed by atoms with Gasteiger partial charge in [-0.1, -0.05) is 25.8 Å². The first-order valence-corrected chi connectivity index (χ1v) is 8.05. The number of rotatable bonds is 6. The molecule has 1 unspecified atom stereocenters. The minimum atomic E-state index is 0.516. The Morgan fingerprint density at radius 2 is 1.90 bits per heavy atom. The Hall–Kier alpha value is -1.02. The fourth-order valence-electron chi connectivity index (χ4n) is 3.49. The van der Waals surface area contributed by atoms with Crippen molar-refractivity contribution in [3.8, 4) is 5.75 Å². The summed E-state index contributed by atoms with van der Waals surface area (Å²) in [6.07, 6.45) is 6.71. The molecule has 2 heteroatoms. The van der Waals surface area contributed by atoms with Crippen LogP contribution in [-0.2, 0) is 0 Å². The van der Waals surface area contributed by atoms with Crippen LogP contribution in [0.2, 0.25) is 0 Å². The second kappa shape index (κ2) is 7.12. The fourth-order valence-corrected chi connectivity index (χ4v) is 3.49. The summed E-state index contributed by atoms with van der Waals surface area (Å²) in [6.45, 7) is 7.71. The summed E-state index contributed by atoms with van der Waals surface area (Å²) in [7, 11) is 1.76. The quantitative estimate of drug-likeness (QED) is 0.822. The van der Waals surface area contributed by atoms with E-state index in [2.05, 4.69) is 38.2 Å². The van der Waals surface area contributed by atoms with E-state index in [1.807, 2.05) is 0 Å². The summed E-state index contributed by atoms with van der Waals surface area (Å²) in [5.74, 6) is 1.81. The molecule has 1 fully saturated rings. The van der Waals surface area contributed by atoms with Gasteiger partial charge in [-0.15, -0.1) is 0 Å². The molecule has 0 saturated heterocycles. The molecule has 1 aliphatic carbocycles. The van der Waals surface area contributed by atoms with Crippen molar-refractivity contribution in [3.63, 3.8) is 0 Å². The maximum Gasteiger partial charge on any atom is 0.122 e. The van der Waals surface area contributed by atoms with E-state index in [4.69, 9.17) is 4.74 Å². The highest BCUT2D eigenvalue weighted by atomic mass is 16.5. The molecule has 1 aliphatic rings. The Balaban J connectivity index is 2.29. The van der Waals surface area contributed by atoms with Gasteiger partial charge in [0.25, 0.3) is 0 Å². The molecule has 1 aromatic rings. The van der Waals surface area contributed by atoms with Crippen LogP contribution in [-0.4, -0.2) is 13.7 Å². The van der Waals surface area contributed by atoms with Crippen molar-refractivity contribution < 1.29 is 4.74 Å². The Labute approximate surface area is 123 Å². The Morgan fingerprint density at radius 3 is 2.50 bits per heavy atom. The van der Waals surface area contributed by atoms with E-state index >= 15 is 0 Å². The smallest absolute Gasteiger partial charge is 0.122 e. The van der Waals surface area contributed by atoms with Gasteiger partial charge in [-0.2, -0.15) is 0 Å². The first kappa shape index (κ1) is 15.4. The van der Waals surface area contributed by atoms with Crippen LogP contribution in [0, 0.1) is 19.8 Å². The lowest BCUT2D eigenvalue weighted by molar-refractivity contribution is 0.365. The zero-order valence-corrected chi connectivity index (χ0v) is 13.5. The molecule has 2 rings (SSSR count). The molecule has 112 valence electrons. The molecular weight excluding hydrogens is 246 g/mol. The van der Waals surface area contributed by atoms with Gasteiger partial charge in [0, 0.05) is 6.04 Å². The van der Waals surface area contributed by atoms with Crippen LogP contribution in [0.4, 0.5) is 0 Å². The van der Waals surface area contributed by atoms with E-state index in [0.717, 1.165) is 18.2 Å². The SMILES string of the molecule is CCCNC(c1cc(C)c(OC)cc1C)C1CCCC1. The van der Waals surface area contributed by atoms with Gasteiger partial charge in [0.1, 0.15) is 5.75 Å². The van der Waals surface area contributed by atoms with Crippen molar-refractivity contribution >= 4 is 0 Å². The second-order valence-electron chi connectivity index (χ2n) is 6.15. The van der Waals surface area contributed by atoms with Crippen LogP contribution in [0.5, 0.6) is 5.75 Å². The molecule has 1 aromatic carbocycles. The summed E-state index contributed by atoms with van der Waals surface area (Å²) < 4.78 is 5.45. The first-order chi connectivity index (χ1) is 9.67. The average Bonchev–Trinajstić information content (AvgIpc) is 2.96. The standard InChI is InChI=1S/C18H29NO/c1-5-10-19-18(15-8-6-7-9-15)16-11-14(3)17(20-4)12-13(16)2/h11-12,15,18-19H,5-10H2,1-4H3. The number of hydrogen-bond acceptors (Lipinski definition) is 2. The van der Waals surface area contributed by atoms with Gasteiger partial charge in [-0.25, -0.2) is 0 Å². The minimum absolute atomic E-state index is 0.516. The highest BCUT2D eigenvalue weighted by Gasteiger charge is 2.27. The minimum Gasteiger partial charge on any atom is -0.496 e. The van der Waals surface area contributed by atoms with Crippen LogP contribution in [0.3, 0.4) is 0 Å². The number of nitrogens with one attached hydrogen (secondary N) is 1. The van der Waals surface area contributed by atoms with Gasteiger partial charge >= 0.3 is 0 Å². The first-order valence-electron chi connectivity index (χ1n) is 8.05. The fraction of sp³-hybridized carbons (Fsp3) is 0.667. The number of ether oxygens (including phenoxy) is 1. The summed E-state index contributed by atoms with van der Waals surface area (Å²) in [4.78, 5) is 0. The number of benzene rings is 1. The molecule has 0 spiro atoms. The maximum atomic E-state index is 5.45. The van der Waals surface area contributed by atoms with Crippen molar-refractivity contribution in [1.82, 2.24) is 5.32 Å². The Kier molecular flexibility index (Phi) is 5.47. The summed E-state index contributed by atoms with van der Waals surface area (Å²) in [5.41, 5.74) is 4.07. The van der Waals surface area contributed by atoms with Gasteiger partial charge in [-0.3, -0.25) is 0 Å². The molecular formula is C18H29NO. The lowest BCUT2D eigenvalue weighted by atomic mass is 9.88. The highest BCUT2D eigenvalue weighted by molar-refractivity contribution is 5.43. The molecule has 1 saturated carbocycles. The van der Waals surface area contributed by atoms with E-state index in [-0.39, 0.29) is 0 Å². The predicted octanol–water partition coefficient (Wildman–Crippen LogP) is 4.54. The van der Waals surface area contributed by atoms with Crippen LogP contribution in [0.15, 0.2) is 12.1 Å². The zero-order valence-electron chi connectivity index (χ0n) is 13.5. The topological polar surface area (TPSA) is 21.3 Å². The van der Waals surface area contributed by atoms with Crippen molar-refractivity contribution in [2.75, 3.05) is 13.7 Å². The molecule has 0 bridgehead atoms. The zero-order chi connectivity index (χ0) is 14.5. The molecule has 0 amide bonds. The second-order valence-corrected chi connectivity index (χ2v) is 6.15. The predicted molar refractivity (Wildman–Crippen MR) is 85.5 cm³/mol. The van der Waals surface area contributed by atoms with Gasteiger partial charge in [-0.05, 0) is 68.3 Å². The lowest BCUT2D eigenvalue weighted by Crippen LogP contribution is -2.28. The molecule has 20 heavy (non-hydrogen) atoms. The summed E-state index contributed by atoms with van der Waals surface area (Å²) in [6, 6.07) is 5.04. The van der Waals surface area contributed by atoms with E-state index < -0.39 is 0 Å². The molecule has 2 nitrogen and oxygen atoms in total. The van der Waals surface area contributed by atoms with E-state index in [9.17, 15) is 0 Å². The highest BCUT2D eigenvalue weighted by Crippen LogP contribution is 2.38. The van der Waals surface area contributed by atoms with E-state index in [1.54, 1.807) is 7.11 Å². The van der Waals surface area contributed by atoms with Crippen LogP contribution >= 0.6 is 0 Å². The van der Waals surface area contributed by atoms with Gasteiger partial charge in [0.15, 0.2) is 0 Å². The third-order valence-corrected chi connectivity index (χ3v) is 4.60. The summed E-state index contributed by atoms with van der Waals surface area (Å²) >= 11 is 0. The maximum absolute atomic E-state index is 5.45. The lowest BCUT2D eigenvalue weighted by Gasteiger charge is -2.27. The molecule has 0 aliphatic heterocycles. The van der Waals surface area contributed by atoms with Gasteiger partial charge in [0.05, 0.1) is 7.11 Å². The van der Waals surface area contributed by atoms with Crippen molar-refractivity contribution in [3.05, 3.63) is 28.8 Å². The van der Waals surface area contributed by atoms with Crippen molar-refractivity contribution in [2.45, 2.75) is 58.9 Å². The third kappa shape index (κ3) is 3.35. The number of aryl methyl sites for hydroxylation is 2. The van der Waals surface area contributed by atoms with Crippen LogP contribution < -0.4 is 10.1 Å². The van der Waals surface area contributed by atoms with Crippen molar-refractivity contribution in [2.24, 2.45) is 5.92 Å². The average molecular weight is 275 g/mol. The molecule has 1 atom stereocenters. The van der Waals surface area contributed by atoms with Gasteiger partial charge < -0.3 is 10.1 Å². The van der Waals surface area contributed by atoms with Crippen LogP contribution in [0.25, 0.3) is 0 Å². The molecule has 0 radical (unpaired) electrons. The third-order valence-electron chi connectivity index (χ3n) is 4.60. The van der Waals surface area contributed by atoms with Crippen LogP contribution in [0.1, 0.15) is 61.8 Å². The largest absolute Gasteiger partial charge is 0.496 e. The molecule has 0 heterocycles. The normalized spacial score (nSPS) is 17.4. The molecule has 0 aromatic heterocycles. The Morgan fingerprint density at radius 1 is 1.20 bits per heavy atom. The molecule has 1 N–H and O–H groups in total. The summed E-state index contributed by atoms with van der Waals surface area (Å²) in [5, 5.41) is 3.79.